The third kappa shape index (κ3) is 8.26. The third-order valence-corrected chi connectivity index (χ3v) is 9.23. The first kappa shape index (κ1) is 35.3. The molecule has 5 aromatic rings. The molecule has 2 aromatic heterocycles. The minimum atomic E-state index is -1.02. The number of nitrogens with one attached hydrogen (secondary N) is 3. The number of rotatable bonds is 9. The number of benzene rings is 3. The number of fused-ring (bicyclic) bond motifs is 1. The van der Waals surface area contributed by atoms with E-state index in [2.05, 4.69) is 30.2 Å². The molecular formula is C38H43N7O6. The number of anilines is 1. The number of nitrogens with two attached hydrogens (primary N) is 1. The van der Waals surface area contributed by atoms with Crippen LogP contribution in [-0.2, 0) is 20.7 Å². The lowest BCUT2D eigenvalue weighted by Crippen LogP contribution is -2.50. The van der Waals surface area contributed by atoms with Gasteiger partial charge in [-0.15, -0.1) is 0 Å². The Labute approximate surface area is 294 Å². The highest BCUT2D eigenvalue weighted by molar-refractivity contribution is 6.17. The predicted molar refractivity (Wildman–Crippen MR) is 193 cm³/mol. The van der Waals surface area contributed by atoms with Crippen LogP contribution >= 0.6 is 0 Å². The van der Waals surface area contributed by atoms with Crippen LogP contribution in [0.4, 0.5) is 10.5 Å². The van der Waals surface area contributed by atoms with Gasteiger partial charge in [-0.05, 0) is 118 Å². The number of aromatic nitrogens is 4. The van der Waals surface area contributed by atoms with Crippen molar-refractivity contribution in [3.05, 3.63) is 88.5 Å². The fraction of sp³-hybridized carbons (Fsp3) is 0.368. The Hall–Kier alpha value is -5.56. The highest BCUT2D eigenvalue weighted by Crippen LogP contribution is 2.34. The number of H-pyrrole nitrogens is 2. The molecule has 3 amide bonds. The van der Waals surface area contributed by atoms with Gasteiger partial charge >= 0.3 is 11.8 Å². The van der Waals surface area contributed by atoms with Crippen LogP contribution in [0.15, 0.2) is 76.2 Å². The van der Waals surface area contributed by atoms with Crippen molar-refractivity contribution in [2.45, 2.75) is 71.4 Å². The van der Waals surface area contributed by atoms with Crippen molar-refractivity contribution in [3.63, 3.8) is 0 Å². The minimum Gasteiger partial charge on any atom is -0.444 e. The van der Waals surface area contributed by atoms with E-state index in [0.717, 1.165) is 33.2 Å². The van der Waals surface area contributed by atoms with Gasteiger partial charge in [0.05, 0.1) is 23.4 Å². The molecule has 1 atom stereocenters. The molecule has 5 N–H and O–H groups in total. The molecule has 1 aliphatic carbocycles. The van der Waals surface area contributed by atoms with E-state index < -0.39 is 35.3 Å². The third-order valence-electron chi connectivity index (χ3n) is 9.23. The van der Waals surface area contributed by atoms with Crippen molar-refractivity contribution in [3.8, 4) is 22.5 Å². The van der Waals surface area contributed by atoms with Gasteiger partial charge in [-0.1, -0.05) is 35.5 Å². The maximum Gasteiger partial charge on any atom is 0.439 e. The van der Waals surface area contributed by atoms with Gasteiger partial charge in [0.1, 0.15) is 5.60 Å². The van der Waals surface area contributed by atoms with E-state index in [1.165, 1.54) is 4.90 Å². The number of ether oxygens (including phenoxy) is 1. The van der Waals surface area contributed by atoms with Gasteiger partial charge in [0.25, 0.3) is 5.91 Å². The monoisotopic (exact) mass is 693 g/mol. The molecule has 1 fully saturated rings. The van der Waals surface area contributed by atoms with Crippen molar-refractivity contribution in [2.75, 3.05) is 11.4 Å². The molecule has 2 heterocycles. The van der Waals surface area contributed by atoms with Gasteiger partial charge < -0.3 is 15.8 Å². The molecule has 6 rings (SSSR count). The van der Waals surface area contributed by atoms with Crippen molar-refractivity contribution < 1.29 is 23.6 Å². The summed E-state index contributed by atoms with van der Waals surface area (Å²) in [5.74, 6) is -1.54. The molecule has 0 bridgehead atoms. The summed E-state index contributed by atoms with van der Waals surface area (Å²) < 4.78 is 9.98. The SMILES string of the molecule is Cc1ccc2[nH]ncc2c1-c1cccc(C[C@H](N)C(=O)N(C(=O)C2CCC(CNC(=O)OC(C)(C)C)CC2)c2ccc(-c3noc(=O)[nH]3)cc2)c1. The molecular weight excluding hydrogens is 650 g/mol. The number of nitrogens with zero attached hydrogens (tertiary/aromatic N) is 3. The fourth-order valence-electron chi connectivity index (χ4n) is 6.69. The van der Waals surface area contributed by atoms with Gasteiger partial charge in [-0.25, -0.2) is 14.5 Å². The smallest absolute Gasteiger partial charge is 0.439 e. The maximum atomic E-state index is 14.2. The number of aromatic amines is 2. The summed E-state index contributed by atoms with van der Waals surface area (Å²) >= 11 is 0. The van der Waals surface area contributed by atoms with Crippen molar-refractivity contribution in [2.24, 2.45) is 17.6 Å². The van der Waals surface area contributed by atoms with E-state index >= 15 is 0 Å². The molecule has 266 valence electrons. The number of carbonyl (C=O) groups is 3. The summed E-state index contributed by atoms with van der Waals surface area (Å²) in [5, 5.41) is 14.8. The molecule has 1 saturated carbocycles. The summed E-state index contributed by atoms with van der Waals surface area (Å²) in [6, 6.07) is 17.5. The highest BCUT2D eigenvalue weighted by Gasteiger charge is 2.35. The van der Waals surface area contributed by atoms with E-state index in [4.69, 9.17) is 10.5 Å². The Morgan fingerprint density at radius 2 is 1.78 bits per heavy atom. The molecule has 0 spiro atoms. The normalized spacial score (nSPS) is 16.8. The largest absolute Gasteiger partial charge is 0.444 e. The molecule has 13 nitrogen and oxygen atoms in total. The first-order valence-corrected chi connectivity index (χ1v) is 17.1. The first-order valence-electron chi connectivity index (χ1n) is 17.1. The second-order valence-corrected chi connectivity index (χ2v) is 14.2. The van der Waals surface area contributed by atoms with E-state index in [1.54, 1.807) is 30.5 Å². The van der Waals surface area contributed by atoms with Crippen molar-refractivity contribution in [1.82, 2.24) is 25.7 Å². The number of alkyl carbamates (subject to hydrolysis) is 1. The van der Waals surface area contributed by atoms with Crippen LogP contribution in [0, 0.1) is 18.8 Å². The topological polar surface area (TPSA) is 189 Å². The molecule has 13 heteroatoms. The van der Waals surface area contributed by atoms with Crippen LogP contribution < -0.4 is 21.7 Å². The van der Waals surface area contributed by atoms with Crippen LogP contribution in [-0.4, -0.2) is 56.4 Å². The lowest BCUT2D eigenvalue weighted by Gasteiger charge is -2.32. The number of aryl methyl sites for hydroxylation is 1. The van der Waals surface area contributed by atoms with Crippen LogP contribution in [0.5, 0.6) is 0 Å². The van der Waals surface area contributed by atoms with E-state index in [1.807, 2.05) is 64.1 Å². The standard InChI is InChI=1S/C38H43N7O6/c1-22-8-17-31-29(21-41-43-31)32(22)27-7-5-6-24(18-27)19-30(39)35(47)45(28-15-13-25(14-16-28)33-42-37(49)51-44-33)34(46)26-11-9-23(10-12-26)20-40-36(48)50-38(2,3)4/h5-8,13-18,21,23,26,30H,9-12,19-20,39H2,1-4H3,(H,40,48)(H,41,43)(H,42,44,49)/t23?,26?,30-/m0/s1. The Kier molecular flexibility index (Phi) is 10.2. The Balaban J connectivity index is 1.20. The predicted octanol–water partition coefficient (Wildman–Crippen LogP) is 5.64. The number of imide groups is 1. The number of hydrogen-bond donors (Lipinski definition) is 4. The summed E-state index contributed by atoms with van der Waals surface area (Å²) in [4.78, 5) is 55.9. The van der Waals surface area contributed by atoms with Crippen LogP contribution in [0.3, 0.4) is 0 Å². The highest BCUT2D eigenvalue weighted by atomic mass is 16.6. The average Bonchev–Trinajstić information content (AvgIpc) is 3.76. The molecule has 0 unspecified atom stereocenters. The quantitative estimate of drug-likeness (QED) is 0.151. The molecule has 0 saturated heterocycles. The second-order valence-electron chi connectivity index (χ2n) is 14.2. The first-order chi connectivity index (χ1) is 24.4. The van der Waals surface area contributed by atoms with Crippen molar-refractivity contribution in [1.29, 1.82) is 0 Å². The van der Waals surface area contributed by atoms with Crippen molar-refractivity contribution >= 4 is 34.5 Å². The van der Waals surface area contributed by atoms with Gasteiger partial charge in [0.2, 0.25) is 5.91 Å². The molecule has 0 radical (unpaired) electrons. The van der Waals surface area contributed by atoms with Gasteiger partial charge in [-0.2, -0.15) is 5.10 Å². The molecule has 1 aliphatic rings. The maximum absolute atomic E-state index is 14.2. The Morgan fingerprint density at radius 3 is 2.47 bits per heavy atom. The molecule has 51 heavy (non-hydrogen) atoms. The molecule has 3 aromatic carbocycles. The van der Waals surface area contributed by atoms with Gasteiger partial charge in [0.15, 0.2) is 5.82 Å². The second kappa shape index (κ2) is 14.7. The lowest BCUT2D eigenvalue weighted by molar-refractivity contribution is -0.130. The van der Waals surface area contributed by atoms with Gasteiger partial charge in [-0.3, -0.25) is 24.2 Å². The zero-order valence-corrected chi connectivity index (χ0v) is 29.2. The Morgan fingerprint density at radius 1 is 1.04 bits per heavy atom. The summed E-state index contributed by atoms with van der Waals surface area (Å²) in [7, 11) is 0. The summed E-state index contributed by atoms with van der Waals surface area (Å²) in [5.41, 5.74) is 11.8. The van der Waals surface area contributed by atoms with E-state index in [9.17, 15) is 19.2 Å². The number of carbonyl (C=O) groups excluding carboxylic acids is 3. The molecule has 0 aliphatic heterocycles. The average molecular weight is 694 g/mol. The summed E-state index contributed by atoms with van der Waals surface area (Å²) in [6.45, 7) is 7.93. The number of hydrogen-bond acceptors (Lipinski definition) is 9. The number of amides is 3. The van der Waals surface area contributed by atoms with E-state index in [-0.39, 0.29) is 24.1 Å². The van der Waals surface area contributed by atoms with E-state index in [0.29, 0.717) is 43.5 Å². The zero-order chi connectivity index (χ0) is 36.3. The summed E-state index contributed by atoms with van der Waals surface area (Å²) in [6.07, 6.45) is 4.06. The lowest BCUT2D eigenvalue weighted by atomic mass is 9.81. The zero-order valence-electron chi connectivity index (χ0n) is 29.2. The van der Waals surface area contributed by atoms with Crippen LogP contribution in [0.1, 0.15) is 57.6 Å². The van der Waals surface area contributed by atoms with Crippen LogP contribution in [0.2, 0.25) is 0 Å². The fourth-order valence-corrected chi connectivity index (χ4v) is 6.69. The van der Waals surface area contributed by atoms with Crippen LogP contribution in [0.25, 0.3) is 33.4 Å². The Bertz CT molecular complexity index is 2080. The minimum absolute atomic E-state index is 0.181. The van der Waals surface area contributed by atoms with Gasteiger partial charge in [0, 0.05) is 23.4 Å².